The third kappa shape index (κ3) is 6.35. The summed E-state index contributed by atoms with van der Waals surface area (Å²) < 4.78 is 29.8. The molecule has 0 unspecified atom stereocenters. The van der Waals surface area contributed by atoms with E-state index in [1.807, 2.05) is 0 Å². The van der Waals surface area contributed by atoms with Gasteiger partial charge in [0.15, 0.2) is 16.3 Å². The van der Waals surface area contributed by atoms with Crippen molar-refractivity contribution in [2.45, 2.75) is 26.5 Å². The van der Waals surface area contributed by atoms with Crippen molar-refractivity contribution in [3.63, 3.8) is 0 Å². The van der Waals surface area contributed by atoms with Crippen molar-refractivity contribution in [1.29, 1.82) is 0 Å². The summed E-state index contributed by atoms with van der Waals surface area (Å²) in [6, 6.07) is 15.6. The van der Waals surface area contributed by atoms with Gasteiger partial charge in [-0.3, -0.25) is 19.5 Å². The van der Waals surface area contributed by atoms with Gasteiger partial charge in [-0.05, 0) is 73.5 Å². The zero-order chi connectivity index (χ0) is 33.0. The van der Waals surface area contributed by atoms with Gasteiger partial charge in [-0.25, -0.2) is 9.79 Å². The van der Waals surface area contributed by atoms with Gasteiger partial charge in [0.1, 0.15) is 24.1 Å². The smallest absolute Gasteiger partial charge is 0.338 e. The normalized spacial score (nSPS) is 14.3. The van der Waals surface area contributed by atoms with Gasteiger partial charge in [0.05, 0.1) is 48.7 Å². The lowest BCUT2D eigenvalue weighted by molar-refractivity contribution is -0.384. The summed E-state index contributed by atoms with van der Waals surface area (Å²) >= 11 is 1.19. The molecule has 0 amide bonds. The van der Waals surface area contributed by atoms with Crippen molar-refractivity contribution in [3.8, 4) is 23.0 Å². The maximum atomic E-state index is 14.1. The van der Waals surface area contributed by atoms with Crippen LogP contribution in [0.25, 0.3) is 6.08 Å². The number of nitro groups is 1. The predicted molar refractivity (Wildman–Crippen MR) is 170 cm³/mol. The highest BCUT2D eigenvalue weighted by Gasteiger charge is 2.35. The number of nitro benzene ring substituents is 1. The molecule has 5 rings (SSSR count). The summed E-state index contributed by atoms with van der Waals surface area (Å²) in [6.45, 7) is 3.74. The van der Waals surface area contributed by atoms with Crippen LogP contribution in [0.3, 0.4) is 0 Å². The Labute approximate surface area is 267 Å². The molecule has 0 bridgehead atoms. The van der Waals surface area contributed by atoms with E-state index in [0.29, 0.717) is 49.2 Å². The minimum Gasteiger partial charge on any atom is -0.497 e. The van der Waals surface area contributed by atoms with Crippen LogP contribution in [-0.4, -0.2) is 43.4 Å². The molecule has 0 spiro atoms. The lowest BCUT2D eigenvalue weighted by Crippen LogP contribution is -2.40. The highest BCUT2D eigenvalue weighted by molar-refractivity contribution is 7.07. The third-order valence-electron chi connectivity index (χ3n) is 7.28. The minimum atomic E-state index is -0.882. The summed E-state index contributed by atoms with van der Waals surface area (Å²) in [5, 5.41) is 10.9. The van der Waals surface area contributed by atoms with Crippen LogP contribution < -0.4 is 33.8 Å². The van der Waals surface area contributed by atoms with E-state index in [0.717, 1.165) is 5.56 Å². The number of carbonyl (C=O) groups is 1. The molecule has 0 saturated carbocycles. The van der Waals surface area contributed by atoms with Crippen molar-refractivity contribution in [1.82, 2.24) is 4.57 Å². The maximum Gasteiger partial charge on any atom is 0.338 e. The SMILES string of the molecule is CCOC(=O)C1=C(C)N=c2s/c(=C/c3ccc(OCc4ccc([N+](=O)[O-])cc4)c(OC)c3)c(=O)n2[C@@H]1c1cc(OC)ccc1OC. The lowest BCUT2D eigenvalue weighted by Gasteiger charge is -2.26. The molecular formula is C33H31N3O9S. The van der Waals surface area contributed by atoms with E-state index in [-0.39, 0.29) is 30.0 Å². The second-order valence-electron chi connectivity index (χ2n) is 10.0. The van der Waals surface area contributed by atoms with Gasteiger partial charge >= 0.3 is 5.97 Å². The monoisotopic (exact) mass is 645 g/mol. The third-order valence-corrected chi connectivity index (χ3v) is 8.26. The van der Waals surface area contributed by atoms with Crippen LogP contribution in [0.1, 0.15) is 36.6 Å². The Morgan fingerprint density at radius 3 is 2.37 bits per heavy atom. The standard InChI is InChI=1S/C33H31N3O9S/c1-6-44-32(38)29-19(2)34-33-35(30(29)24-17-23(41-3)12-14-25(24)42-4)31(37)28(46-33)16-21-9-13-26(27(15-21)43-5)45-18-20-7-10-22(11-8-20)36(39)40/h7-17,30H,6,18H2,1-5H3/b28-16+/t30-/m1/s1. The number of nitrogens with zero attached hydrogens (tertiary/aromatic N) is 3. The largest absolute Gasteiger partial charge is 0.497 e. The van der Waals surface area contributed by atoms with Crippen molar-refractivity contribution >= 4 is 29.1 Å². The van der Waals surface area contributed by atoms with Crippen molar-refractivity contribution in [2.75, 3.05) is 27.9 Å². The molecule has 1 aliphatic rings. The van der Waals surface area contributed by atoms with Gasteiger partial charge < -0.3 is 23.7 Å². The molecule has 3 aromatic carbocycles. The fourth-order valence-electron chi connectivity index (χ4n) is 5.06. The van der Waals surface area contributed by atoms with E-state index in [9.17, 15) is 19.7 Å². The topological polar surface area (TPSA) is 141 Å². The van der Waals surface area contributed by atoms with Crippen LogP contribution in [0.15, 0.2) is 81.7 Å². The number of allylic oxidation sites excluding steroid dienone is 1. The van der Waals surface area contributed by atoms with E-state index < -0.39 is 16.9 Å². The van der Waals surface area contributed by atoms with Crippen LogP contribution >= 0.6 is 11.3 Å². The number of non-ortho nitro benzene ring substituents is 1. The Morgan fingerprint density at radius 1 is 1.00 bits per heavy atom. The first-order chi connectivity index (χ1) is 22.2. The van der Waals surface area contributed by atoms with Gasteiger partial charge in [-0.15, -0.1) is 0 Å². The summed E-state index contributed by atoms with van der Waals surface area (Å²) in [7, 11) is 4.56. The number of methoxy groups -OCH3 is 3. The van der Waals surface area contributed by atoms with Crippen LogP contribution in [0.2, 0.25) is 0 Å². The Morgan fingerprint density at radius 2 is 1.72 bits per heavy atom. The Kier molecular flexibility index (Phi) is 9.52. The zero-order valence-electron chi connectivity index (χ0n) is 25.8. The minimum absolute atomic E-state index is 0.00260. The lowest BCUT2D eigenvalue weighted by atomic mass is 9.94. The fraction of sp³-hybridized carbons (Fsp3) is 0.242. The molecule has 4 aromatic rings. The number of aromatic nitrogens is 1. The molecule has 0 N–H and O–H groups in total. The highest BCUT2D eigenvalue weighted by Crippen LogP contribution is 2.38. The number of esters is 1. The number of fused-ring (bicyclic) bond motifs is 1. The second kappa shape index (κ2) is 13.7. The summed E-state index contributed by atoms with van der Waals surface area (Å²) in [5.74, 6) is 1.30. The number of rotatable bonds is 11. The summed E-state index contributed by atoms with van der Waals surface area (Å²) in [5.41, 5.74) is 2.26. The number of carbonyl (C=O) groups excluding carboxylic acids is 1. The number of thiazole rings is 1. The van der Waals surface area contributed by atoms with Crippen LogP contribution in [-0.2, 0) is 16.1 Å². The molecule has 1 aliphatic heterocycles. The van der Waals surface area contributed by atoms with E-state index >= 15 is 0 Å². The molecule has 1 atom stereocenters. The second-order valence-corrected chi connectivity index (χ2v) is 11.0. The molecular weight excluding hydrogens is 614 g/mol. The molecule has 12 nitrogen and oxygen atoms in total. The van der Waals surface area contributed by atoms with Gasteiger partial charge in [0, 0.05) is 17.7 Å². The molecule has 0 radical (unpaired) electrons. The van der Waals surface area contributed by atoms with E-state index in [4.69, 9.17) is 23.7 Å². The van der Waals surface area contributed by atoms with Crippen molar-refractivity contribution in [2.24, 2.45) is 4.99 Å². The van der Waals surface area contributed by atoms with Gasteiger partial charge in [-0.2, -0.15) is 0 Å². The van der Waals surface area contributed by atoms with Crippen LogP contribution in [0.5, 0.6) is 23.0 Å². The number of hydrogen-bond acceptors (Lipinski definition) is 11. The maximum absolute atomic E-state index is 14.1. The molecule has 238 valence electrons. The molecule has 1 aromatic heterocycles. The molecule has 0 saturated heterocycles. The first kappa shape index (κ1) is 32.0. The van der Waals surface area contributed by atoms with Crippen LogP contribution in [0.4, 0.5) is 5.69 Å². The van der Waals surface area contributed by atoms with Crippen LogP contribution in [0, 0.1) is 10.1 Å². The van der Waals surface area contributed by atoms with Gasteiger partial charge in [0.2, 0.25) is 0 Å². The van der Waals surface area contributed by atoms with E-state index in [1.165, 1.54) is 49.4 Å². The van der Waals surface area contributed by atoms with Gasteiger partial charge in [0.25, 0.3) is 11.2 Å². The number of hydrogen-bond donors (Lipinski definition) is 0. The molecule has 13 heteroatoms. The van der Waals surface area contributed by atoms with Crippen molar-refractivity contribution < 1.29 is 33.4 Å². The molecule has 2 heterocycles. The van der Waals surface area contributed by atoms with E-state index in [2.05, 4.69) is 4.99 Å². The van der Waals surface area contributed by atoms with Crippen molar-refractivity contribution in [3.05, 3.63) is 118 Å². The summed E-state index contributed by atoms with van der Waals surface area (Å²) in [6.07, 6.45) is 1.72. The predicted octanol–water partition coefficient (Wildman–Crippen LogP) is 4.31. The van der Waals surface area contributed by atoms with Gasteiger partial charge in [-0.1, -0.05) is 17.4 Å². The average Bonchev–Trinajstić information content (AvgIpc) is 3.36. The Balaban J connectivity index is 1.55. The van der Waals surface area contributed by atoms with E-state index in [1.54, 1.807) is 68.5 Å². The first-order valence-electron chi connectivity index (χ1n) is 14.1. The zero-order valence-corrected chi connectivity index (χ0v) is 26.6. The number of ether oxygens (including phenoxy) is 5. The highest BCUT2D eigenvalue weighted by atomic mass is 32.1. The fourth-order valence-corrected chi connectivity index (χ4v) is 6.11. The molecule has 0 fully saturated rings. The first-order valence-corrected chi connectivity index (χ1v) is 15.0. The summed E-state index contributed by atoms with van der Waals surface area (Å²) in [4.78, 5) is 42.8. The quantitative estimate of drug-likeness (QED) is 0.133. The average molecular weight is 646 g/mol. The Bertz CT molecular complexity index is 2010. The molecule has 0 aliphatic carbocycles. The number of benzene rings is 3. The molecule has 46 heavy (non-hydrogen) atoms. The Hall–Kier alpha value is -5.43.